The number of aliphatic hydroxyl groups is 1. The molecule has 0 saturated carbocycles. The summed E-state index contributed by atoms with van der Waals surface area (Å²) in [4.78, 5) is 0. The second-order valence-corrected chi connectivity index (χ2v) is 5.27. The lowest BCUT2D eigenvalue weighted by atomic mass is 10.0. The highest BCUT2D eigenvalue weighted by Gasteiger charge is 2.16. The van der Waals surface area contributed by atoms with Crippen molar-refractivity contribution in [3.8, 4) is 5.75 Å². The SMILES string of the molecule is CCC(C)(O)CNCc1cccc(OC(C)C)c1. The lowest BCUT2D eigenvalue weighted by Crippen LogP contribution is -2.36. The summed E-state index contributed by atoms with van der Waals surface area (Å²) >= 11 is 0. The largest absolute Gasteiger partial charge is 0.491 e. The Morgan fingerprint density at radius 3 is 2.72 bits per heavy atom. The molecule has 1 aromatic rings. The summed E-state index contributed by atoms with van der Waals surface area (Å²) in [5.41, 5.74) is 0.534. The molecule has 0 saturated heterocycles. The van der Waals surface area contributed by atoms with Gasteiger partial charge in [-0.2, -0.15) is 0 Å². The van der Waals surface area contributed by atoms with Gasteiger partial charge in [0.2, 0.25) is 0 Å². The number of rotatable bonds is 7. The predicted octanol–water partition coefficient (Wildman–Crippen LogP) is 2.72. The van der Waals surface area contributed by atoms with Crippen molar-refractivity contribution in [2.24, 2.45) is 0 Å². The van der Waals surface area contributed by atoms with Gasteiger partial charge in [-0.15, -0.1) is 0 Å². The summed E-state index contributed by atoms with van der Waals surface area (Å²) in [6, 6.07) is 8.05. The summed E-state index contributed by atoms with van der Waals surface area (Å²) in [6.07, 6.45) is 0.935. The highest BCUT2D eigenvalue weighted by molar-refractivity contribution is 5.28. The Balaban J connectivity index is 2.47. The first-order valence-corrected chi connectivity index (χ1v) is 6.61. The van der Waals surface area contributed by atoms with Crippen LogP contribution in [0.4, 0.5) is 0 Å². The average Bonchev–Trinajstić information content (AvgIpc) is 2.28. The molecule has 0 aliphatic rings. The highest BCUT2D eigenvalue weighted by atomic mass is 16.5. The number of nitrogens with one attached hydrogen (secondary N) is 1. The monoisotopic (exact) mass is 251 g/mol. The Morgan fingerprint density at radius 2 is 2.11 bits per heavy atom. The number of hydrogen-bond acceptors (Lipinski definition) is 3. The Hall–Kier alpha value is -1.06. The van der Waals surface area contributed by atoms with Gasteiger partial charge >= 0.3 is 0 Å². The van der Waals surface area contributed by atoms with Gasteiger partial charge in [-0.1, -0.05) is 19.1 Å². The third kappa shape index (κ3) is 5.52. The van der Waals surface area contributed by atoms with Crippen LogP contribution in [-0.4, -0.2) is 23.4 Å². The van der Waals surface area contributed by atoms with Crippen LogP contribution < -0.4 is 10.1 Å². The molecular weight excluding hydrogens is 226 g/mol. The Kier molecular flexibility index (Phi) is 5.63. The second kappa shape index (κ2) is 6.76. The number of benzene rings is 1. The highest BCUT2D eigenvalue weighted by Crippen LogP contribution is 2.15. The van der Waals surface area contributed by atoms with Crippen molar-refractivity contribution in [1.29, 1.82) is 0 Å². The molecule has 0 amide bonds. The zero-order chi connectivity index (χ0) is 13.6. The third-order valence-electron chi connectivity index (χ3n) is 2.87. The molecule has 0 spiro atoms. The fourth-order valence-corrected chi connectivity index (χ4v) is 1.60. The molecule has 0 radical (unpaired) electrons. The van der Waals surface area contributed by atoms with E-state index in [1.54, 1.807) is 0 Å². The molecule has 3 nitrogen and oxygen atoms in total. The minimum Gasteiger partial charge on any atom is -0.491 e. The van der Waals surface area contributed by atoms with E-state index in [0.717, 1.165) is 18.7 Å². The van der Waals surface area contributed by atoms with E-state index >= 15 is 0 Å². The van der Waals surface area contributed by atoms with Crippen LogP contribution in [0.1, 0.15) is 39.7 Å². The van der Waals surface area contributed by atoms with Crippen LogP contribution in [-0.2, 0) is 6.54 Å². The van der Waals surface area contributed by atoms with Crippen molar-refractivity contribution in [2.75, 3.05) is 6.54 Å². The zero-order valence-electron chi connectivity index (χ0n) is 11.9. The van der Waals surface area contributed by atoms with E-state index in [2.05, 4.69) is 11.4 Å². The van der Waals surface area contributed by atoms with Gasteiger partial charge in [0.05, 0.1) is 11.7 Å². The van der Waals surface area contributed by atoms with Gasteiger partial charge < -0.3 is 15.2 Å². The van der Waals surface area contributed by atoms with Gasteiger partial charge in [-0.05, 0) is 44.9 Å². The summed E-state index contributed by atoms with van der Waals surface area (Å²) in [5.74, 6) is 0.895. The van der Waals surface area contributed by atoms with Crippen molar-refractivity contribution in [3.05, 3.63) is 29.8 Å². The van der Waals surface area contributed by atoms with Crippen LogP contribution in [0.25, 0.3) is 0 Å². The fraction of sp³-hybridized carbons (Fsp3) is 0.600. The molecule has 0 heterocycles. The van der Waals surface area contributed by atoms with Crippen LogP contribution in [0.15, 0.2) is 24.3 Å². The van der Waals surface area contributed by atoms with Gasteiger partial charge in [-0.3, -0.25) is 0 Å². The maximum absolute atomic E-state index is 9.89. The van der Waals surface area contributed by atoms with Gasteiger partial charge in [0, 0.05) is 13.1 Å². The molecule has 102 valence electrons. The molecule has 1 aromatic carbocycles. The van der Waals surface area contributed by atoms with E-state index in [-0.39, 0.29) is 6.10 Å². The maximum Gasteiger partial charge on any atom is 0.120 e. The Bertz CT molecular complexity index is 361. The summed E-state index contributed by atoms with van der Waals surface area (Å²) in [7, 11) is 0. The van der Waals surface area contributed by atoms with Crippen molar-refractivity contribution < 1.29 is 9.84 Å². The molecule has 1 rings (SSSR count). The van der Waals surface area contributed by atoms with E-state index in [9.17, 15) is 5.11 Å². The normalized spacial score (nSPS) is 14.6. The Morgan fingerprint density at radius 1 is 1.39 bits per heavy atom. The molecule has 0 bridgehead atoms. The number of hydrogen-bond donors (Lipinski definition) is 2. The third-order valence-corrected chi connectivity index (χ3v) is 2.87. The summed E-state index contributed by atoms with van der Waals surface area (Å²) in [6.45, 7) is 9.20. The topological polar surface area (TPSA) is 41.5 Å². The lowest BCUT2D eigenvalue weighted by Gasteiger charge is -2.21. The predicted molar refractivity (Wildman–Crippen MR) is 74.8 cm³/mol. The van der Waals surface area contributed by atoms with Crippen LogP contribution in [0.2, 0.25) is 0 Å². The van der Waals surface area contributed by atoms with Gasteiger partial charge in [0.25, 0.3) is 0 Å². The molecular formula is C15H25NO2. The molecule has 1 unspecified atom stereocenters. The van der Waals surface area contributed by atoms with Crippen LogP contribution in [0, 0.1) is 0 Å². The van der Waals surface area contributed by atoms with E-state index in [4.69, 9.17) is 4.74 Å². The van der Waals surface area contributed by atoms with Crippen molar-refractivity contribution in [3.63, 3.8) is 0 Å². The summed E-state index contributed by atoms with van der Waals surface area (Å²) < 4.78 is 5.65. The first-order valence-electron chi connectivity index (χ1n) is 6.61. The van der Waals surface area contributed by atoms with Gasteiger partial charge in [-0.25, -0.2) is 0 Å². The fourth-order valence-electron chi connectivity index (χ4n) is 1.60. The standard InChI is InChI=1S/C15H25NO2/c1-5-15(4,17)11-16-10-13-7-6-8-14(9-13)18-12(2)3/h6-9,12,16-17H,5,10-11H2,1-4H3. The summed E-state index contributed by atoms with van der Waals surface area (Å²) in [5, 5.41) is 13.2. The minimum atomic E-state index is -0.633. The zero-order valence-corrected chi connectivity index (χ0v) is 11.9. The van der Waals surface area contributed by atoms with E-state index in [1.165, 1.54) is 5.56 Å². The molecule has 0 aromatic heterocycles. The molecule has 3 heteroatoms. The van der Waals surface area contributed by atoms with Crippen molar-refractivity contribution >= 4 is 0 Å². The first kappa shape index (κ1) is 15.0. The van der Waals surface area contributed by atoms with E-state index in [0.29, 0.717) is 6.54 Å². The van der Waals surface area contributed by atoms with Gasteiger partial charge in [0.15, 0.2) is 0 Å². The number of ether oxygens (including phenoxy) is 1. The lowest BCUT2D eigenvalue weighted by molar-refractivity contribution is 0.0555. The van der Waals surface area contributed by atoms with Crippen LogP contribution >= 0.6 is 0 Å². The van der Waals surface area contributed by atoms with Crippen molar-refractivity contribution in [1.82, 2.24) is 5.32 Å². The minimum absolute atomic E-state index is 0.189. The van der Waals surface area contributed by atoms with E-state index < -0.39 is 5.60 Å². The molecule has 0 aliphatic heterocycles. The molecule has 0 aliphatic carbocycles. The molecule has 1 atom stereocenters. The Labute approximate surface area is 110 Å². The first-order chi connectivity index (χ1) is 8.43. The van der Waals surface area contributed by atoms with Crippen molar-refractivity contribution in [2.45, 2.75) is 52.4 Å². The second-order valence-electron chi connectivity index (χ2n) is 5.27. The smallest absolute Gasteiger partial charge is 0.120 e. The molecule has 18 heavy (non-hydrogen) atoms. The van der Waals surface area contributed by atoms with Crippen LogP contribution in [0.5, 0.6) is 5.75 Å². The molecule has 2 N–H and O–H groups in total. The van der Waals surface area contributed by atoms with E-state index in [1.807, 2.05) is 45.9 Å². The maximum atomic E-state index is 9.89. The van der Waals surface area contributed by atoms with Crippen LogP contribution in [0.3, 0.4) is 0 Å². The quantitative estimate of drug-likeness (QED) is 0.783. The van der Waals surface area contributed by atoms with Gasteiger partial charge in [0.1, 0.15) is 5.75 Å². The average molecular weight is 251 g/mol. The molecule has 0 fully saturated rings.